The highest BCUT2D eigenvalue weighted by molar-refractivity contribution is 6.13. The fraction of sp³-hybridized carbons (Fsp3) is 0.435. The van der Waals surface area contributed by atoms with Gasteiger partial charge in [0, 0.05) is 30.1 Å². The molecule has 1 aliphatic carbocycles. The molecular weight excluding hydrogens is 433 g/mol. The Morgan fingerprint density at radius 1 is 1.18 bits per heavy atom. The number of nitrogens with zero attached hydrogens (tertiary/aromatic N) is 4. The van der Waals surface area contributed by atoms with Crippen LogP contribution >= 0.6 is 0 Å². The molecule has 0 radical (unpaired) electrons. The van der Waals surface area contributed by atoms with E-state index in [0.29, 0.717) is 37.3 Å². The fourth-order valence-electron chi connectivity index (χ4n) is 5.29. The lowest BCUT2D eigenvalue weighted by atomic mass is 9.85. The monoisotopic (exact) mass is 456 g/mol. The van der Waals surface area contributed by atoms with E-state index in [-0.39, 0.29) is 11.7 Å². The summed E-state index contributed by atoms with van der Waals surface area (Å²) >= 11 is 0. The van der Waals surface area contributed by atoms with Gasteiger partial charge in [-0.25, -0.2) is 4.98 Å². The molecule has 3 aromatic heterocycles. The van der Waals surface area contributed by atoms with Crippen LogP contribution in [0.15, 0.2) is 18.5 Å². The summed E-state index contributed by atoms with van der Waals surface area (Å²) in [5.74, 6) is 0. The highest BCUT2D eigenvalue weighted by atomic mass is 19.4. The first-order chi connectivity index (χ1) is 15.9. The summed E-state index contributed by atoms with van der Waals surface area (Å²) in [6, 6.07) is 2.01. The number of halogens is 3. The molecule has 6 rings (SSSR count). The normalized spacial score (nSPS) is 19.4. The van der Waals surface area contributed by atoms with Crippen LogP contribution in [-0.4, -0.2) is 51.2 Å². The molecule has 7 nitrogen and oxygen atoms in total. The standard InChI is InChI=1S/C23H23F3N6O/c1-12-11-32(6-7-33-12)18-8-17-15(9-27-30-17)19-13-4-2-3-5-14(13)20(29-21(18)19)16-10-28-31-22(16)23(24,25)26/h8-10,12H,2-7,11H2,1H3,(H,27,30)(H,28,31)/t12-/m1/s1. The Labute approximate surface area is 187 Å². The second-order valence-electron chi connectivity index (χ2n) is 8.85. The Bertz CT molecular complexity index is 1360. The SMILES string of the molecule is C[C@@H]1CN(c2cc3[nH]ncc3c3c4c(c(-c5c[nH]nc5C(F)(F)F)nc23)CCCC4)CCO1. The van der Waals surface area contributed by atoms with E-state index in [2.05, 4.69) is 25.3 Å². The Morgan fingerprint density at radius 3 is 2.79 bits per heavy atom. The van der Waals surface area contributed by atoms with Gasteiger partial charge in [0.25, 0.3) is 0 Å². The largest absolute Gasteiger partial charge is 0.435 e. The number of anilines is 1. The number of pyridine rings is 1. The average Bonchev–Trinajstić information content (AvgIpc) is 3.47. The molecule has 0 bridgehead atoms. The summed E-state index contributed by atoms with van der Waals surface area (Å²) in [6.07, 6.45) is 1.98. The van der Waals surface area contributed by atoms with Crippen molar-refractivity contribution in [1.82, 2.24) is 25.4 Å². The van der Waals surface area contributed by atoms with Crippen molar-refractivity contribution in [1.29, 1.82) is 0 Å². The maximum atomic E-state index is 13.7. The Hall–Kier alpha value is -3.14. The molecule has 4 heterocycles. The summed E-state index contributed by atoms with van der Waals surface area (Å²) in [7, 11) is 0. The van der Waals surface area contributed by atoms with Crippen LogP contribution in [0.25, 0.3) is 33.1 Å². The summed E-state index contributed by atoms with van der Waals surface area (Å²) in [5, 5.41) is 15.2. The molecule has 1 saturated heterocycles. The third-order valence-corrected chi connectivity index (χ3v) is 6.72. The maximum Gasteiger partial charge on any atom is 0.435 e. The van der Waals surface area contributed by atoms with Crippen molar-refractivity contribution in [3.63, 3.8) is 0 Å². The van der Waals surface area contributed by atoms with Crippen molar-refractivity contribution in [2.75, 3.05) is 24.6 Å². The molecule has 4 aromatic rings. The molecule has 1 aliphatic heterocycles. The number of H-pyrrole nitrogens is 2. The number of morpholine rings is 1. The minimum Gasteiger partial charge on any atom is -0.375 e. The van der Waals surface area contributed by atoms with Gasteiger partial charge in [0.2, 0.25) is 0 Å². The Balaban J connectivity index is 1.69. The molecule has 33 heavy (non-hydrogen) atoms. The average molecular weight is 456 g/mol. The van der Waals surface area contributed by atoms with Crippen LogP contribution in [-0.2, 0) is 23.8 Å². The fourth-order valence-corrected chi connectivity index (χ4v) is 5.29. The quantitative estimate of drug-likeness (QED) is 0.460. The highest BCUT2D eigenvalue weighted by Crippen LogP contribution is 2.44. The van der Waals surface area contributed by atoms with E-state index in [1.165, 1.54) is 6.20 Å². The van der Waals surface area contributed by atoms with Crippen LogP contribution in [0.1, 0.15) is 36.6 Å². The zero-order chi connectivity index (χ0) is 22.7. The number of benzene rings is 1. The number of aryl methyl sites for hydroxylation is 1. The predicted molar refractivity (Wildman–Crippen MR) is 118 cm³/mol. The van der Waals surface area contributed by atoms with Crippen molar-refractivity contribution in [2.24, 2.45) is 0 Å². The lowest BCUT2D eigenvalue weighted by Gasteiger charge is -2.34. The van der Waals surface area contributed by atoms with Crippen molar-refractivity contribution in [3.8, 4) is 11.3 Å². The van der Waals surface area contributed by atoms with Crippen LogP contribution in [0.4, 0.5) is 18.9 Å². The molecular formula is C23H23F3N6O. The molecule has 0 spiro atoms. The van der Waals surface area contributed by atoms with E-state index in [4.69, 9.17) is 9.72 Å². The Kier molecular flexibility index (Phi) is 4.62. The third kappa shape index (κ3) is 3.26. The minimum atomic E-state index is -4.56. The van der Waals surface area contributed by atoms with Gasteiger partial charge in [-0.15, -0.1) is 0 Å². The number of nitrogens with one attached hydrogen (secondary N) is 2. The van der Waals surface area contributed by atoms with Crippen LogP contribution in [0, 0.1) is 0 Å². The number of aromatic nitrogens is 5. The zero-order valence-corrected chi connectivity index (χ0v) is 18.1. The number of rotatable bonds is 2. The first kappa shape index (κ1) is 20.5. The molecule has 0 saturated carbocycles. The number of hydrogen-bond acceptors (Lipinski definition) is 5. The van der Waals surface area contributed by atoms with Crippen molar-refractivity contribution in [3.05, 3.63) is 35.3 Å². The molecule has 1 aromatic carbocycles. The summed E-state index contributed by atoms with van der Waals surface area (Å²) in [6.45, 7) is 3.97. The van der Waals surface area contributed by atoms with Gasteiger partial charge in [-0.3, -0.25) is 10.2 Å². The molecule has 10 heteroatoms. The number of ether oxygens (including phenoxy) is 1. The van der Waals surface area contributed by atoms with Gasteiger partial charge >= 0.3 is 6.18 Å². The summed E-state index contributed by atoms with van der Waals surface area (Å²) in [5.41, 5.74) is 3.93. The van der Waals surface area contributed by atoms with Gasteiger partial charge < -0.3 is 9.64 Å². The van der Waals surface area contributed by atoms with E-state index in [1.807, 2.05) is 13.0 Å². The Morgan fingerprint density at radius 2 is 2.00 bits per heavy atom. The van der Waals surface area contributed by atoms with Gasteiger partial charge in [-0.1, -0.05) is 0 Å². The number of alkyl halides is 3. The lowest BCUT2D eigenvalue weighted by molar-refractivity contribution is -0.140. The topological polar surface area (TPSA) is 82.7 Å². The van der Waals surface area contributed by atoms with Crippen molar-refractivity contribution < 1.29 is 17.9 Å². The molecule has 1 fully saturated rings. The minimum absolute atomic E-state index is 0.0103. The molecule has 2 aliphatic rings. The lowest BCUT2D eigenvalue weighted by Crippen LogP contribution is -2.41. The second kappa shape index (κ2) is 7.44. The molecule has 0 unspecified atom stereocenters. The van der Waals surface area contributed by atoms with E-state index >= 15 is 0 Å². The van der Waals surface area contributed by atoms with Crippen molar-refractivity contribution >= 4 is 27.5 Å². The van der Waals surface area contributed by atoms with Crippen molar-refractivity contribution in [2.45, 2.75) is 44.9 Å². The number of fused-ring (bicyclic) bond motifs is 5. The maximum absolute atomic E-state index is 13.7. The van der Waals surface area contributed by atoms with Crippen LogP contribution in [0.2, 0.25) is 0 Å². The summed E-state index contributed by atoms with van der Waals surface area (Å²) in [4.78, 5) is 7.16. The molecule has 172 valence electrons. The highest BCUT2D eigenvalue weighted by Gasteiger charge is 2.38. The van der Waals surface area contributed by atoms with E-state index in [1.54, 1.807) is 6.20 Å². The smallest absolute Gasteiger partial charge is 0.375 e. The van der Waals surface area contributed by atoms with Gasteiger partial charge in [-0.2, -0.15) is 23.4 Å². The van der Waals surface area contributed by atoms with E-state index < -0.39 is 11.9 Å². The first-order valence-corrected chi connectivity index (χ1v) is 11.2. The van der Waals surface area contributed by atoms with Gasteiger partial charge in [0.1, 0.15) is 0 Å². The van der Waals surface area contributed by atoms with E-state index in [9.17, 15) is 13.2 Å². The number of aromatic amines is 2. The predicted octanol–water partition coefficient (Wildman–Crippen LogP) is 4.62. The molecule has 1 atom stereocenters. The van der Waals surface area contributed by atoms with E-state index in [0.717, 1.165) is 52.4 Å². The zero-order valence-electron chi connectivity index (χ0n) is 18.1. The molecule has 0 amide bonds. The van der Waals surface area contributed by atoms with Gasteiger partial charge in [0.05, 0.1) is 46.9 Å². The summed E-state index contributed by atoms with van der Waals surface area (Å²) < 4.78 is 47.0. The van der Waals surface area contributed by atoms with Crippen LogP contribution in [0.3, 0.4) is 0 Å². The number of hydrogen-bond donors (Lipinski definition) is 2. The van der Waals surface area contributed by atoms with Gasteiger partial charge in [-0.05, 0) is 49.8 Å². The third-order valence-electron chi connectivity index (χ3n) is 6.72. The molecule has 2 N–H and O–H groups in total. The van der Waals surface area contributed by atoms with Crippen LogP contribution in [0.5, 0.6) is 0 Å². The van der Waals surface area contributed by atoms with Gasteiger partial charge in [0.15, 0.2) is 5.69 Å². The van der Waals surface area contributed by atoms with Crippen LogP contribution < -0.4 is 4.90 Å². The second-order valence-corrected chi connectivity index (χ2v) is 8.85. The first-order valence-electron chi connectivity index (χ1n) is 11.2.